The third kappa shape index (κ3) is 3.54. The maximum Gasteiger partial charge on any atom is 0.138 e. The molecular weight excluding hydrogens is 238 g/mol. The number of aromatic hydroxyl groups is 1. The second kappa shape index (κ2) is 5.98. The highest BCUT2D eigenvalue weighted by atomic mass is 16.3. The summed E-state index contributed by atoms with van der Waals surface area (Å²) in [5, 5.41) is 21.7. The first kappa shape index (κ1) is 13.1. The van der Waals surface area contributed by atoms with Gasteiger partial charge in [0.25, 0.3) is 0 Å². The second-order valence-electron chi connectivity index (χ2n) is 4.33. The number of hydrogen-bond acceptors (Lipinski definition) is 4. The number of hydrogen-bond donors (Lipinski definition) is 2. The molecule has 1 aromatic heterocycles. The Morgan fingerprint density at radius 1 is 1.26 bits per heavy atom. The fraction of sp³-hybridized carbons (Fsp3) is 0.200. The summed E-state index contributed by atoms with van der Waals surface area (Å²) in [6.45, 7) is 3.01. The molecule has 19 heavy (non-hydrogen) atoms. The van der Waals surface area contributed by atoms with E-state index in [9.17, 15) is 5.11 Å². The van der Waals surface area contributed by atoms with Crippen LogP contribution < -0.4 is 5.32 Å². The standard InChI is InChI=1S/C15H15N3O/c1-11-5-6-15(19)14(18-11)10-17-9-13-4-2-3-12(7-13)8-16/h2-7,17,19H,9-10H2,1H3. The predicted molar refractivity (Wildman–Crippen MR) is 72.3 cm³/mol. The zero-order valence-corrected chi connectivity index (χ0v) is 10.7. The molecule has 2 N–H and O–H groups in total. The number of rotatable bonds is 4. The third-order valence-electron chi connectivity index (χ3n) is 2.77. The van der Waals surface area contributed by atoms with E-state index in [-0.39, 0.29) is 5.75 Å². The van der Waals surface area contributed by atoms with Crippen LogP contribution in [0, 0.1) is 18.3 Å². The summed E-state index contributed by atoms with van der Waals surface area (Å²) in [7, 11) is 0. The Kier molecular flexibility index (Phi) is 4.11. The van der Waals surface area contributed by atoms with Crippen LogP contribution in [-0.2, 0) is 13.1 Å². The molecule has 0 atom stereocenters. The number of aromatic nitrogens is 1. The molecule has 0 saturated carbocycles. The van der Waals surface area contributed by atoms with Crippen molar-refractivity contribution in [3.05, 3.63) is 58.9 Å². The van der Waals surface area contributed by atoms with E-state index in [1.165, 1.54) is 0 Å². The molecule has 96 valence electrons. The molecule has 0 amide bonds. The lowest BCUT2D eigenvalue weighted by molar-refractivity contribution is 0.459. The number of nitriles is 1. The van der Waals surface area contributed by atoms with E-state index in [1.807, 2.05) is 25.1 Å². The van der Waals surface area contributed by atoms with Crippen molar-refractivity contribution in [1.82, 2.24) is 10.3 Å². The van der Waals surface area contributed by atoms with E-state index in [4.69, 9.17) is 5.26 Å². The van der Waals surface area contributed by atoms with Crippen LogP contribution in [0.2, 0.25) is 0 Å². The molecule has 0 aliphatic rings. The van der Waals surface area contributed by atoms with Crippen LogP contribution in [0.25, 0.3) is 0 Å². The monoisotopic (exact) mass is 253 g/mol. The fourth-order valence-electron chi connectivity index (χ4n) is 1.81. The topological polar surface area (TPSA) is 68.9 Å². The first-order valence-corrected chi connectivity index (χ1v) is 6.04. The van der Waals surface area contributed by atoms with Gasteiger partial charge in [-0.05, 0) is 36.8 Å². The van der Waals surface area contributed by atoms with Crippen LogP contribution in [0.4, 0.5) is 0 Å². The maximum absolute atomic E-state index is 9.67. The van der Waals surface area contributed by atoms with E-state index >= 15 is 0 Å². The van der Waals surface area contributed by atoms with Crippen LogP contribution in [0.1, 0.15) is 22.5 Å². The van der Waals surface area contributed by atoms with E-state index < -0.39 is 0 Å². The molecule has 4 nitrogen and oxygen atoms in total. The van der Waals surface area contributed by atoms with Crippen LogP contribution in [0.5, 0.6) is 5.75 Å². The van der Waals surface area contributed by atoms with E-state index in [0.29, 0.717) is 24.3 Å². The maximum atomic E-state index is 9.67. The van der Waals surface area contributed by atoms with Gasteiger partial charge in [-0.25, -0.2) is 0 Å². The smallest absolute Gasteiger partial charge is 0.138 e. The predicted octanol–water partition coefficient (Wildman–Crippen LogP) is 2.26. The van der Waals surface area contributed by atoms with Gasteiger partial charge >= 0.3 is 0 Å². The molecule has 2 rings (SSSR count). The van der Waals surface area contributed by atoms with Gasteiger partial charge < -0.3 is 10.4 Å². The normalized spacial score (nSPS) is 10.1. The summed E-state index contributed by atoms with van der Waals surface area (Å²) in [4.78, 5) is 4.27. The SMILES string of the molecule is Cc1ccc(O)c(CNCc2cccc(C#N)c2)n1. The summed E-state index contributed by atoms with van der Waals surface area (Å²) in [6.07, 6.45) is 0. The van der Waals surface area contributed by atoms with Gasteiger partial charge in [0.15, 0.2) is 0 Å². The van der Waals surface area contributed by atoms with Gasteiger partial charge in [0, 0.05) is 18.8 Å². The largest absolute Gasteiger partial charge is 0.506 e. The number of aryl methyl sites for hydroxylation is 1. The zero-order valence-electron chi connectivity index (χ0n) is 10.7. The van der Waals surface area contributed by atoms with Gasteiger partial charge in [0.1, 0.15) is 5.75 Å². The lowest BCUT2D eigenvalue weighted by Gasteiger charge is -2.07. The summed E-state index contributed by atoms with van der Waals surface area (Å²) in [5.41, 5.74) is 3.19. The Hall–Kier alpha value is -2.38. The highest BCUT2D eigenvalue weighted by Crippen LogP contribution is 2.14. The highest BCUT2D eigenvalue weighted by molar-refractivity contribution is 5.33. The van der Waals surface area contributed by atoms with Crippen molar-refractivity contribution in [1.29, 1.82) is 5.26 Å². The summed E-state index contributed by atoms with van der Waals surface area (Å²) in [6, 6.07) is 13.0. The van der Waals surface area contributed by atoms with Crippen molar-refractivity contribution >= 4 is 0 Å². The molecule has 4 heteroatoms. The Morgan fingerprint density at radius 2 is 2.11 bits per heavy atom. The number of pyridine rings is 1. The highest BCUT2D eigenvalue weighted by Gasteiger charge is 2.03. The van der Waals surface area contributed by atoms with Crippen LogP contribution in [0.3, 0.4) is 0 Å². The molecular formula is C15H15N3O. The summed E-state index contributed by atoms with van der Waals surface area (Å²) < 4.78 is 0. The van der Waals surface area contributed by atoms with E-state index in [1.54, 1.807) is 18.2 Å². The molecule has 0 radical (unpaired) electrons. The quantitative estimate of drug-likeness (QED) is 0.877. The third-order valence-corrected chi connectivity index (χ3v) is 2.77. The van der Waals surface area contributed by atoms with Crippen molar-refractivity contribution in [2.75, 3.05) is 0 Å². The van der Waals surface area contributed by atoms with Crippen molar-refractivity contribution < 1.29 is 5.11 Å². The van der Waals surface area contributed by atoms with Crippen LogP contribution >= 0.6 is 0 Å². The van der Waals surface area contributed by atoms with Gasteiger partial charge in [-0.3, -0.25) is 4.98 Å². The average Bonchev–Trinajstić information content (AvgIpc) is 2.43. The molecule has 1 heterocycles. The molecule has 0 aliphatic heterocycles. The Balaban J connectivity index is 1.96. The van der Waals surface area contributed by atoms with Gasteiger partial charge in [0.05, 0.1) is 17.3 Å². The molecule has 0 unspecified atom stereocenters. The minimum atomic E-state index is 0.198. The second-order valence-corrected chi connectivity index (χ2v) is 4.33. The Bertz CT molecular complexity index is 617. The molecule has 0 saturated heterocycles. The minimum Gasteiger partial charge on any atom is -0.506 e. The fourth-order valence-corrected chi connectivity index (χ4v) is 1.81. The summed E-state index contributed by atoms with van der Waals surface area (Å²) >= 11 is 0. The molecule has 0 fully saturated rings. The van der Waals surface area contributed by atoms with Crippen molar-refractivity contribution in [2.45, 2.75) is 20.0 Å². The number of nitrogens with one attached hydrogen (secondary N) is 1. The minimum absolute atomic E-state index is 0.198. The van der Waals surface area contributed by atoms with Gasteiger partial charge in [-0.1, -0.05) is 12.1 Å². The zero-order chi connectivity index (χ0) is 13.7. The summed E-state index contributed by atoms with van der Waals surface area (Å²) in [5.74, 6) is 0.198. The first-order valence-electron chi connectivity index (χ1n) is 6.04. The van der Waals surface area contributed by atoms with Crippen LogP contribution in [0.15, 0.2) is 36.4 Å². The molecule has 1 aromatic carbocycles. The first-order chi connectivity index (χ1) is 9.19. The van der Waals surface area contributed by atoms with E-state index in [0.717, 1.165) is 11.3 Å². The van der Waals surface area contributed by atoms with Gasteiger partial charge in [0.2, 0.25) is 0 Å². The lowest BCUT2D eigenvalue weighted by atomic mass is 10.1. The molecule has 0 bridgehead atoms. The Labute approximate surface area is 112 Å². The lowest BCUT2D eigenvalue weighted by Crippen LogP contribution is -2.14. The average molecular weight is 253 g/mol. The number of benzene rings is 1. The molecule has 0 aliphatic carbocycles. The molecule has 2 aromatic rings. The van der Waals surface area contributed by atoms with E-state index in [2.05, 4.69) is 16.4 Å². The van der Waals surface area contributed by atoms with Gasteiger partial charge in [-0.2, -0.15) is 5.26 Å². The van der Waals surface area contributed by atoms with Crippen molar-refractivity contribution in [2.24, 2.45) is 0 Å². The van der Waals surface area contributed by atoms with Crippen molar-refractivity contribution in [3.63, 3.8) is 0 Å². The Morgan fingerprint density at radius 3 is 2.89 bits per heavy atom. The number of nitrogens with zero attached hydrogens (tertiary/aromatic N) is 2. The van der Waals surface area contributed by atoms with Crippen molar-refractivity contribution in [3.8, 4) is 11.8 Å². The van der Waals surface area contributed by atoms with Crippen LogP contribution in [-0.4, -0.2) is 10.1 Å². The van der Waals surface area contributed by atoms with Gasteiger partial charge in [-0.15, -0.1) is 0 Å². The molecule has 0 spiro atoms.